The van der Waals surface area contributed by atoms with Crippen LogP contribution in [0.3, 0.4) is 0 Å². The maximum Gasteiger partial charge on any atom is 0.239 e. The molecule has 2 heterocycles. The van der Waals surface area contributed by atoms with E-state index in [9.17, 15) is 13.6 Å². The molecule has 2 saturated heterocycles. The van der Waals surface area contributed by atoms with E-state index in [1.54, 1.807) is 24.3 Å². The lowest BCUT2D eigenvalue weighted by Gasteiger charge is -2.43. The quantitative estimate of drug-likeness (QED) is 0.668. The van der Waals surface area contributed by atoms with Gasteiger partial charge in [-0.3, -0.25) is 14.6 Å². The van der Waals surface area contributed by atoms with Crippen LogP contribution in [0, 0.1) is 11.6 Å². The van der Waals surface area contributed by atoms with Crippen molar-refractivity contribution >= 4 is 5.91 Å². The number of carbonyl (C=O) groups is 1. The normalized spacial score (nSPS) is 19.7. The molecule has 1 atom stereocenters. The number of likely N-dealkylation sites (N-methyl/N-ethyl adjacent to an activating group) is 1. The molecule has 1 amide bonds. The largest absolute Gasteiger partial charge is 0.339 e. The second kappa shape index (κ2) is 10.7. The fourth-order valence-electron chi connectivity index (χ4n) is 4.99. The van der Waals surface area contributed by atoms with Crippen molar-refractivity contribution in [3.8, 4) is 0 Å². The summed E-state index contributed by atoms with van der Waals surface area (Å²) >= 11 is 0. The molecule has 2 aliphatic rings. The Morgan fingerprint density at radius 3 is 1.67 bits per heavy atom. The lowest BCUT2D eigenvalue weighted by Crippen LogP contribution is -2.57. The highest BCUT2D eigenvalue weighted by Crippen LogP contribution is 2.30. The fourth-order valence-corrected chi connectivity index (χ4v) is 4.99. The average Bonchev–Trinajstić information content (AvgIpc) is 2.86. The van der Waals surface area contributed by atoms with Crippen LogP contribution in [-0.2, 0) is 4.79 Å². The maximum atomic E-state index is 13.6. The Morgan fingerprint density at radius 2 is 1.21 bits per heavy atom. The summed E-state index contributed by atoms with van der Waals surface area (Å²) < 4.78 is 27.1. The molecule has 2 aliphatic heterocycles. The van der Waals surface area contributed by atoms with Crippen molar-refractivity contribution in [1.29, 1.82) is 0 Å². The molecule has 1 unspecified atom stereocenters. The van der Waals surface area contributed by atoms with Gasteiger partial charge in [-0.25, -0.2) is 8.78 Å². The third-order valence-electron chi connectivity index (χ3n) is 7.12. The Kier molecular flexibility index (Phi) is 7.73. The first kappa shape index (κ1) is 23.8. The summed E-state index contributed by atoms with van der Waals surface area (Å²) in [6, 6.07) is 12.9. The number of amides is 1. The molecule has 0 saturated carbocycles. The Balaban J connectivity index is 1.42. The smallest absolute Gasteiger partial charge is 0.239 e. The van der Waals surface area contributed by atoms with Gasteiger partial charge in [-0.05, 0) is 48.9 Å². The van der Waals surface area contributed by atoms with Gasteiger partial charge in [-0.2, -0.15) is 0 Å². The Hall–Kier alpha value is -2.35. The predicted octanol–water partition coefficient (Wildman–Crippen LogP) is 3.22. The minimum absolute atomic E-state index is 0.0820. The molecule has 0 bridgehead atoms. The van der Waals surface area contributed by atoms with E-state index in [-0.39, 0.29) is 29.6 Å². The second-order valence-corrected chi connectivity index (χ2v) is 9.01. The molecule has 7 heteroatoms. The lowest BCUT2D eigenvalue weighted by atomic mass is 9.96. The first-order chi connectivity index (χ1) is 16.0. The molecule has 0 aliphatic carbocycles. The first-order valence-corrected chi connectivity index (χ1v) is 12.0. The molecule has 33 heavy (non-hydrogen) atoms. The van der Waals surface area contributed by atoms with Crippen LogP contribution in [-0.4, -0.2) is 90.5 Å². The lowest BCUT2D eigenvalue weighted by molar-refractivity contribution is -0.139. The van der Waals surface area contributed by atoms with E-state index in [1.165, 1.54) is 24.3 Å². The van der Waals surface area contributed by atoms with E-state index in [1.807, 2.05) is 11.8 Å². The Bertz CT molecular complexity index is 859. The van der Waals surface area contributed by atoms with E-state index < -0.39 is 0 Å². The fraction of sp³-hybridized carbons (Fsp3) is 0.500. The van der Waals surface area contributed by atoms with Gasteiger partial charge in [0, 0.05) is 52.4 Å². The third kappa shape index (κ3) is 5.60. The highest BCUT2D eigenvalue weighted by Gasteiger charge is 2.32. The molecule has 2 aromatic carbocycles. The van der Waals surface area contributed by atoms with Crippen LogP contribution in [0.25, 0.3) is 0 Å². The van der Waals surface area contributed by atoms with Crippen LogP contribution in [0.2, 0.25) is 0 Å². The number of hydrogen-bond acceptors (Lipinski definition) is 4. The zero-order valence-electron chi connectivity index (χ0n) is 19.6. The van der Waals surface area contributed by atoms with E-state index in [4.69, 9.17) is 0 Å². The third-order valence-corrected chi connectivity index (χ3v) is 7.12. The van der Waals surface area contributed by atoms with Crippen molar-refractivity contribution in [2.24, 2.45) is 0 Å². The number of nitrogens with zero attached hydrogens (tertiary/aromatic N) is 4. The number of rotatable bonds is 6. The van der Waals surface area contributed by atoms with Gasteiger partial charge in [0.2, 0.25) is 5.91 Å². The van der Waals surface area contributed by atoms with E-state index >= 15 is 0 Å². The molecule has 4 rings (SSSR count). The molecular weight excluding hydrogens is 422 g/mol. The van der Waals surface area contributed by atoms with Crippen LogP contribution in [0.5, 0.6) is 0 Å². The highest BCUT2D eigenvalue weighted by molar-refractivity contribution is 5.81. The van der Waals surface area contributed by atoms with Crippen LogP contribution >= 0.6 is 0 Å². The zero-order chi connectivity index (χ0) is 23.4. The molecule has 2 fully saturated rings. The number of carbonyl (C=O) groups excluding carboxylic acids is 1. The summed E-state index contributed by atoms with van der Waals surface area (Å²) in [5.41, 5.74) is 1.96. The van der Waals surface area contributed by atoms with Crippen LogP contribution in [0.1, 0.15) is 31.0 Å². The SMILES string of the molecule is CCN1CCN(C(=O)C(C)N2CCN(C(c3ccc(F)cc3)c3ccc(F)cc3)CC2)CC1. The topological polar surface area (TPSA) is 30.0 Å². The van der Waals surface area contributed by atoms with Crippen molar-refractivity contribution in [1.82, 2.24) is 19.6 Å². The van der Waals surface area contributed by atoms with Gasteiger partial charge in [-0.15, -0.1) is 0 Å². The predicted molar refractivity (Wildman–Crippen MR) is 126 cm³/mol. The van der Waals surface area contributed by atoms with Crippen LogP contribution in [0.15, 0.2) is 48.5 Å². The molecule has 0 radical (unpaired) electrons. The standard InChI is InChI=1S/C26H34F2N4O/c1-3-29-12-14-32(15-13-29)26(33)20(2)30-16-18-31(19-17-30)25(21-4-8-23(27)9-5-21)22-6-10-24(28)11-7-22/h4-11,20,25H,3,12-19H2,1-2H3. The van der Waals surface area contributed by atoms with Crippen molar-refractivity contribution in [3.63, 3.8) is 0 Å². The molecular formula is C26H34F2N4O. The highest BCUT2D eigenvalue weighted by atomic mass is 19.1. The van der Waals surface area contributed by atoms with Crippen molar-refractivity contribution in [2.75, 3.05) is 58.9 Å². The van der Waals surface area contributed by atoms with Gasteiger partial charge in [-0.1, -0.05) is 31.2 Å². The van der Waals surface area contributed by atoms with Gasteiger partial charge in [0.15, 0.2) is 0 Å². The first-order valence-electron chi connectivity index (χ1n) is 12.0. The summed E-state index contributed by atoms with van der Waals surface area (Å²) in [7, 11) is 0. The molecule has 2 aromatic rings. The average molecular weight is 457 g/mol. The molecule has 178 valence electrons. The number of benzene rings is 2. The van der Waals surface area contributed by atoms with Gasteiger partial charge in [0.1, 0.15) is 11.6 Å². The van der Waals surface area contributed by atoms with Gasteiger partial charge >= 0.3 is 0 Å². The molecule has 0 aromatic heterocycles. The minimum atomic E-state index is -0.270. The van der Waals surface area contributed by atoms with E-state index in [0.717, 1.165) is 70.0 Å². The summed E-state index contributed by atoms with van der Waals surface area (Å²) in [5.74, 6) is -0.324. The summed E-state index contributed by atoms with van der Waals surface area (Å²) in [6.45, 7) is 11.8. The summed E-state index contributed by atoms with van der Waals surface area (Å²) in [5, 5.41) is 0. The number of halogens is 2. The number of hydrogen-bond donors (Lipinski definition) is 0. The summed E-state index contributed by atoms with van der Waals surface area (Å²) in [6.07, 6.45) is 0. The monoisotopic (exact) mass is 456 g/mol. The molecule has 5 nitrogen and oxygen atoms in total. The van der Waals surface area contributed by atoms with Crippen LogP contribution in [0.4, 0.5) is 8.78 Å². The van der Waals surface area contributed by atoms with Crippen molar-refractivity contribution in [2.45, 2.75) is 25.9 Å². The van der Waals surface area contributed by atoms with Gasteiger partial charge in [0.05, 0.1) is 12.1 Å². The Labute approximate surface area is 195 Å². The minimum Gasteiger partial charge on any atom is -0.339 e. The van der Waals surface area contributed by atoms with E-state index in [0.29, 0.717) is 0 Å². The Morgan fingerprint density at radius 1 is 0.758 bits per heavy atom. The maximum absolute atomic E-state index is 13.6. The van der Waals surface area contributed by atoms with E-state index in [2.05, 4.69) is 21.6 Å². The zero-order valence-corrected chi connectivity index (χ0v) is 19.6. The van der Waals surface area contributed by atoms with Gasteiger partial charge in [0.25, 0.3) is 0 Å². The van der Waals surface area contributed by atoms with Gasteiger partial charge < -0.3 is 9.80 Å². The molecule has 0 spiro atoms. The van der Waals surface area contributed by atoms with Crippen molar-refractivity contribution < 1.29 is 13.6 Å². The number of piperazine rings is 2. The second-order valence-electron chi connectivity index (χ2n) is 9.01. The van der Waals surface area contributed by atoms with Crippen LogP contribution < -0.4 is 0 Å². The summed E-state index contributed by atoms with van der Waals surface area (Å²) in [4.78, 5) is 22.1. The molecule has 0 N–H and O–H groups in total. The van der Waals surface area contributed by atoms with Crippen molar-refractivity contribution in [3.05, 3.63) is 71.3 Å².